The van der Waals surface area contributed by atoms with E-state index in [0.29, 0.717) is 12.8 Å². The standard InChI is InChI=1S/C27H27NO4/c1-31-25-14-13-24(22-9-5-6-10-23(22)25)26(29)19-15-20-11-12-21(16-19)28(20)27(30)32-17-18-7-3-2-4-8-18/h2-10,13-14,19-21H,11-12,15-17H2,1H3. The largest absolute Gasteiger partial charge is 0.496 e. The van der Waals surface area contributed by atoms with Crippen LogP contribution in [-0.4, -0.2) is 36.0 Å². The Balaban J connectivity index is 1.31. The molecule has 2 bridgehead atoms. The van der Waals surface area contributed by atoms with Gasteiger partial charge in [0.2, 0.25) is 0 Å². The van der Waals surface area contributed by atoms with Crippen LogP contribution in [-0.2, 0) is 11.3 Å². The van der Waals surface area contributed by atoms with Crippen molar-refractivity contribution in [3.8, 4) is 5.75 Å². The zero-order valence-electron chi connectivity index (χ0n) is 18.2. The number of carbonyl (C=O) groups is 2. The van der Waals surface area contributed by atoms with Gasteiger partial charge in [-0.1, -0.05) is 54.6 Å². The van der Waals surface area contributed by atoms with Crippen molar-refractivity contribution >= 4 is 22.6 Å². The first-order chi connectivity index (χ1) is 15.7. The summed E-state index contributed by atoms with van der Waals surface area (Å²) >= 11 is 0. The summed E-state index contributed by atoms with van der Waals surface area (Å²) < 4.78 is 11.1. The highest BCUT2D eigenvalue weighted by molar-refractivity contribution is 6.10. The van der Waals surface area contributed by atoms with Crippen molar-refractivity contribution in [3.05, 3.63) is 77.9 Å². The molecule has 2 atom stereocenters. The van der Waals surface area contributed by atoms with E-state index in [2.05, 4.69) is 0 Å². The van der Waals surface area contributed by atoms with E-state index in [9.17, 15) is 9.59 Å². The summed E-state index contributed by atoms with van der Waals surface area (Å²) in [5.74, 6) is 0.855. The van der Waals surface area contributed by atoms with Gasteiger partial charge < -0.3 is 14.4 Å². The van der Waals surface area contributed by atoms with E-state index in [1.165, 1.54) is 0 Å². The first kappa shape index (κ1) is 20.6. The van der Waals surface area contributed by atoms with Crippen LogP contribution in [0.5, 0.6) is 5.75 Å². The Labute approximate surface area is 187 Å². The van der Waals surface area contributed by atoms with Gasteiger partial charge in [0.05, 0.1) is 7.11 Å². The number of hydrogen-bond donors (Lipinski definition) is 0. The van der Waals surface area contributed by atoms with Crippen molar-refractivity contribution in [2.45, 2.75) is 44.4 Å². The number of nitrogens with zero attached hydrogens (tertiary/aromatic N) is 1. The fraction of sp³-hybridized carbons (Fsp3) is 0.333. The van der Waals surface area contributed by atoms with E-state index >= 15 is 0 Å². The first-order valence-corrected chi connectivity index (χ1v) is 11.2. The molecule has 2 saturated heterocycles. The highest BCUT2D eigenvalue weighted by Gasteiger charge is 2.46. The van der Waals surface area contributed by atoms with Gasteiger partial charge in [-0.25, -0.2) is 4.79 Å². The maximum atomic E-state index is 13.5. The molecule has 2 unspecified atom stereocenters. The van der Waals surface area contributed by atoms with Crippen LogP contribution in [0.1, 0.15) is 41.6 Å². The summed E-state index contributed by atoms with van der Waals surface area (Å²) in [6.07, 6.45) is 2.98. The predicted octanol–water partition coefficient (Wildman–Crippen LogP) is 5.61. The van der Waals surface area contributed by atoms with Gasteiger partial charge in [0.1, 0.15) is 12.4 Å². The van der Waals surface area contributed by atoms with Crippen molar-refractivity contribution in [3.63, 3.8) is 0 Å². The van der Waals surface area contributed by atoms with Gasteiger partial charge in [-0.05, 0) is 48.8 Å². The fourth-order valence-electron chi connectivity index (χ4n) is 5.37. The van der Waals surface area contributed by atoms with Gasteiger partial charge >= 0.3 is 6.09 Å². The summed E-state index contributed by atoms with van der Waals surface area (Å²) in [4.78, 5) is 28.3. The van der Waals surface area contributed by atoms with Crippen LogP contribution in [0.4, 0.5) is 4.79 Å². The topological polar surface area (TPSA) is 55.8 Å². The maximum Gasteiger partial charge on any atom is 0.410 e. The number of amides is 1. The molecule has 2 aliphatic rings. The number of hydrogen-bond acceptors (Lipinski definition) is 4. The quantitative estimate of drug-likeness (QED) is 0.495. The number of ketones is 1. The minimum Gasteiger partial charge on any atom is -0.496 e. The number of methoxy groups -OCH3 is 1. The van der Waals surface area contributed by atoms with E-state index in [1.807, 2.05) is 71.6 Å². The number of Topliss-reactive ketones (excluding diaryl/α,β-unsaturated/α-hetero) is 1. The second kappa shape index (κ2) is 8.65. The zero-order chi connectivity index (χ0) is 22.1. The van der Waals surface area contributed by atoms with Gasteiger partial charge in [0.25, 0.3) is 0 Å². The summed E-state index contributed by atoms with van der Waals surface area (Å²) in [5.41, 5.74) is 1.72. The van der Waals surface area contributed by atoms with Crippen LogP contribution < -0.4 is 4.74 Å². The van der Waals surface area contributed by atoms with Crippen LogP contribution in [0, 0.1) is 5.92 Å². The lowest BCUT2D eigenvalue weighted by atomic mass is 9.83. The molecule has 0 radical (unpaired) electrons. The van der Waals surface area contributed by atoms with Crippen molar-refractivity contribution in [1.82, 2.24) is 4.90 Å². The molecule has 0 aliphatic carbocycles. The molecule has 32 heavy (non-hydrogen) atoms. The van der Waals surface area contributed by atoms with Crippen LogP contribution in [0.25, 0.3) is 10.8 Å². The molecule has 2 aliphatic heterocycles. The van der Waals surface area contributed by atoms with E-state index in [1.54, 1.807) is 7.11 Å². The Hall–Kier alpha value is -3.34. The normalized spacial score (nSPS) is 22.0. The van der Waals surface area contributed by atoms with E-state index in [0.717, 1.165) is 40.5 Å². The number of rotatable bonds is 5. The van der Waals surface area contributed by atoms with Crippen molar-refractivity contribution in [2.24, 2.45) is 5.92 Å². The van der Waals surface area contributed by atoms with Crippen molar-refractivity contribution < 1.29 is 19.1 Å². The Morgan fingerprint density at radius 1 is 0.875 bits per heavy atom. The molecule has 1 amide bonds. The van der Waals surface area contributed by atoms with Gasteiger partial charge in [0, 0.05) is 29.0 Å². The molecule has 2 heterocycles. The average Bonchev–Trinajstić information content (AvgIpc) is 3.11. The highest BCUT2D eigenvalue weighted by atomic mass is 16.6. The highest BCUT2D eigenvalue weighted by Crippen LogP contribution is 2.41. The Bertz CT molecular complexity index is 1130. The van der Waals surface area contributed by atoms with Crippen LogP contribution in [0.2, 0.25) is 0 Å². The van der Waals surface area contributed by atoms with E-state index in [4.69, 9.17) is 9.47 Å². The number of piperidine rings is 1. The molecule has 5 nitrogen and oxygen atoms in total. The molecule has 0 saturated carbocycles. The molecule has 3 aromatic carbocycles. The molecule has 0 aromatic heterocycles. The van der Waals surface area contributed by atoms with Gasteiger partial charge in [-0.15, -0.1) is 0 Å². The third-order valence-electron chi connectivity index (χ3n) is 6.89. The third kappa shape index (κ3) is 3.72. The molecule has 3 aromatic rings. The maximum absolute atomic E-state index is 13.5. The number of fused-ring (bicyclic) bond motifs is 3. The summed E-state index contributed by atoms with van der Waals surface area (Å²) in [7, 11) is 1.65. The van der Waals surface area contributed by atoms with Crippen LogP contribution >= 0.6 is 0 Å². The predicted molar refractivity (Wildman–Crippen MR) is 123 cm³/mol. The lowest BCUT2D eigenvalue weighted by molar-refractivity contribution is 0.0485. The van der Waals surface area contributed by atoms with E-state index < -0.39 is 0 Å². The molecule has 164 valence electrons. The SMILES string of the molecule is COc1ccc(C(=O)C2CC3CCC(C2)N3C(=O)OCc2ccccc2)c2ccccc12. The second-order valence-electron chi connectivity index (χ2n) is 8.73. The van der Waals surface area contributed by atoms with E-state index in [-0.39, 0.29) is 36.5 Å². The minimum atomic E-state index is -0.262. The Morgan fingerprint density at radius 3 is 2.22 bits per heavy atom. The Kier molecular flexibility index (Phi) is 5.56. The molecule has 5 rings (SSSR count). The molecular weight excluding hydrogens is 402 g/mol. The van der Waals surface area contributed by atoms with Gasteiger partial charge in [-0.3, -0.25) is 4.79 Å². The van der Waals surface area contributed by atoms with Crippen LogP contribution in [0.15, 0.2) is 66.7 Å². The number of carbonyl (C=O) groups excluding carboxylic acids is 2. The zero-order valence-corrected chi connectivity index (χ0v) is 18.2. The van der Waals surface area contributed by atoms with Gasteiger partial charge in [-0.2, -0.15) is 0 Å². The summed E-state index contributed by atoms with van der Waals surface area (Å²) in [6, 6.07) is 21.5. The molecular formula is C27H27NO4. The molecule has 5 heteroatoms. The molecule has 0 spiro atoms. The minimum absolute atomic E-state index is 0.0653. The molecule has 0 N–H and O–H groups in total. The smallest absolute Gasteiger partial charge is 0.410 e. The lowest BCUT2D eigenvalue weighted by Gasteiger charge is -2.37. The van der Waals surface area contributed by atoms with Crippen LogP contribution in [0.3, 0.4) is 0 Å². The number of benzene rings is 3. The van der Waals surface area contributed by atoms with Crippen molar-refractivity contribution in [1.29, 1.82) is 0 Å². The molecule has 2 fully saturated rings. The van der Waals surface area contributed by atoms with Gasteiger partial charge in [0.15, 0.2) is 5.78 Å². The monoisotopic (exact) mass is 429 g/mol. The second-order valence-corrected chi connectivity index (χ2v) is 8.73. The summed E-state index contributed by atoms with van der Waals surface area (Å²) in [5, 5.41) is 1.87. The first-order valence-electron chi connectivity index (χ1n) is 11.2. The Morgan fingerprint density at radius 2 is 1.53 bits per heavy atom. The van der Waals surface area contributed by atoms with Crippen molar-refractivity contribution in [2.75, 3.05) is 7.11 Å². The fourth-order valence-corrected chi connectivity index (χ4v) is 5.37. The average molecular weight is 430 g/mol. The third-order valence-corrected chi connectivity index (χ3v) is 6.89. The number of ether oxygens (including phenoxy) is 2. The summed E-state index contributed by atoms with van der Waals surface area (Å²) in [6.45, 7) is 0.274. The lowest BCUT2D eigenvalue weighted by Crippen LogP contribution is -2.48.